The van der Waals surface area contributed by atoms with Gasteiger partial charge in [0, 0.05) is 30.4 Å². The summed E-state index contributed by atoms with van der Waals surface area (Å²) in [6.45, 7) is 3.62. The van der Waals surface area contributed by atoms with Gasteiger partial charge in [-0.15, -0.1) is 11.3 Å². The Morgan fingerprint density at radius 1 is 1.58 bits per heavy atom. The van der Waals surface area contributed by atoms with E-state index in [1.54, 1.807) is 11.3 Å². The molecule has 0 spiro atoms. The van der Waals surface area contributed by atoms with E-state index in [-0.39, 0.29) is 11.9 Å². The zero-order chi connectivity index (χ0) is 13.8. The Morgan fingerprint density at radius 3 is 3.00 bits per heavy atom. The van der Waals surface area contributed by atoms with Crippen molar-refractivity contribution in [1.82, 2.24) is 4.90 Å². The minimum absolute atomic E-state index is 0.216. The second-order valence-corrected chi connectivity index (χ2v) is 7.02. The smallest absolute Gasteiger partial charge is 0.223 e. The minimum atomic E-state index is 0.216. The zero-order valence-electron chi connectivity index (χ0n) is 11.3. The Bertz CT molecular complexity index is 435. The first-order valence-corrected chi connectivity index (χ1v) is 8.05. The molecule has 19 heavy (non-hydrogen) atoms. The SMILES string of the molecule is C[C@@H]1CCCN(C(=O)CCc2ccc(Cl)s2)[C@H]1CN. The van der Waals surface area contributed by atoms with E-state index in [1.165, 1.54) is 11.3 Å². The van der Waals surface area contributed by atoms with Crippen molar-refractivity contribution in [2.24, 2.45) is 11.7 Å². The van der Waals surface area contributed by atoms with Crippen LogP contribution in [0, 0.1) is 5.92 Å². The molecular formula is C14H21ClN2OS. The largest absolute Gasteiger partial charge is 0.338 e. The lowest BCUT2D eigenvalue weighted by Crippen LogP contribution is -2.51. The number of carbonyl (C=O) groups excluding carboxylic acids is 1. The minimum Gasteiger partial charge on any atom is -0.338 e. The summed E-state index contributed by atoms with van der Waals surface area (Å²) in [5.41, 5.74) is 5.82. The van der Waals surface area contributed by atoms with Gasteiger partial charge in [0.1, 0.15) is 0 Å². The Hall–Kier alpha value is -0.580. The molecule has 1 aliphatic heterocycles. The lowest BCUT2D eigenvalue weighted by molar-refractivity contribution is -0.136. The van der Waals surface area contributed by atoms with E-state index in [4.69, 9.17) is 17.3 Å². The van der Waals surface area contributed by atoms with Gasteiger partial charge in [0.25, 0.3) is 0 Å². The second-order valence-electron chi connectivity index (χ2n) is 5.22. The van der Waals surface area contributed by atoms with Crippen molar-refractivity contribution < 1.29 is 4.79 Å². The van der Waals surface area contributed by atoms with Crippen LogP contribution in [0.1, 0.15) is 31.1 Å². The van der Waals surface area contributed by atoms with Gasteiger partial charge in [0.15, 0.2) is 0 Å². The van der Waals surface area contributed by atoms with E-state index >= 15 is 0 Å². The van der Waals surface area contributed by atoms with Crippen molar-refractivity contribution in [2.45, 2.75) is 38.6 Å². The predicted octanol–water partition coefficient (Wildman–Crippen LogP) is 2.92. The topological polar surface area (TPSA) is 46.3 Å². The van der Waals surface area contributed by atoms with Crippen molar-refractivity contribution in [2.75, 3.05) is 13.1 Å². The molecule has 0 aliphatic carbocycles. The molecule has 1 aromatic heterocycles. The summed E-state index contributed by atoms with van der Waals surface area (Å²) in [7, 11) is 0. The van der Waals surface area contributed by atoms with Crippen LogP contribution < -0.4 is 5.73 Å². The highest BCUT2D eigenvalue weighted by atomic mass is 35.5. The summed E-state index contributed by atoms with van der Waals surface area (Å²) in [5, 5.41) is 0. The first kappa shape index (κ1) is 14.8. The van der Waals surface area contributed by atoms with Gasteiger partial charge in [-0.1, -0.05) is 18.5 Å². The molecule has 2 atom stereocenters. The standard InChI is InChI=1S/C14H21ClN2OS/c1-10-3-2-8-17(12(10)9-16)14(18)7-5-11-4-6-13(15)19-11/h4,6,10,12H,2-3,5,7-9,16H2,1H3/t10-,12+/m1/s1. The van der Waals surface area contributed by atoms with Gasteiger partial charge in [-0.05, 0) is 37.3 Å². The maximum absolute atomic E-state index is 12.3. The van der Waals surface area contributed by atoms with Crippen molar-refractivity contribution in [3.63, 3.8) is 0 Å². The summed E-state index contributed by atoms with van der Waals surface area (Å²) in [6, 6.07) is 4.10. The van der Waals surface area contributed by atoms with E-state index in [1.807, 2.05) is 17.0 Å². The van der Waals surface area contributed by atoms with Crippen LogP contribution >= 0.6 is 22.9 Å². The lowest BCUT2D eigenvalue weighted by Gasteiger charge is -2.39. The van der Waals surface area contributed by atoms with Crippen LogP contribution in [-0.2, 0) is 11.2 Å². The molecule has 1 aromatic rings. The van der Waals surface area contributed by atoms with Crippen LogP contribution in [0.25, 0.3) is 0 Å². The van der Waals surface area contributed by atoms with Crippen LogP contribution in [-0.4, -0.2) is 29.9 Å². The molecule has 0 saturated carbocycles. The molecule has 0 unspecified atom stereocenters. The molecule has 2 rings (SSSR count). The van der Waals surface area contributed by atoms with Crippen molar-refractivity contribution in [3.8, 4) is 0 Å². The Labute approximate surface area is 123 Å². The average molecular weight is 301 g/mol. The summed E-state index contributed by atoms with van der Waals surface area (Å²) >= 11 is 7.45. The normalized spacial score (nSPS) is 23.6. The molecular weight excluding hydrogens is 280 g/mol. The molecule has 3 nitrogen and oxygen atoms in total. The highest BCUT2D eigenvalue weighted by Crippen LogP contribution is 2.25. The van der Waals surface area contributed by atoms with Gasteiger partial charge in [0.2, 0.25) is 5.91 Å². The number of nitrogens with two attached hydrogens (primary N) is 1. The number of aryl methyl sites for hydroxylation is 1. The number of rotatable bonds is 4. The third kappa shape index (κ3) is 3.71. The maximum atomic E-state index is 12.3. The van der Waals surface area contributed by atoms with E-state index in [2.05, 4.69) is 6.92 Å². The summed E-state index contributed by atoms with van der Waals surface area (Å²) in [5.74, 6) is 0.741. The van der Waals surface area contributed by atoms with Crippen LogP contribution in [0.4, 0.5) is 0 Å². The van der Waals surface area contributed by atoms with Gasteiger partial charge >= 0.3 is 0 Å². The van der Waals surface area contributed by atoms with Crippen LogP contribution in [0.2, 0.25) is 4.34 Å². The Balaban J connectivity index is 1.91. The number of piperidine rings is 1. The number of amides is 1. The molecule has 0 radical (unpaired) electrons. The third-order valence-electron chi connectivity index (χ3n) is 3.89. The number of hydrogen-bond donors (Lipinski definition) is 1. The second kappa shape index (κ2) is 6.73. The molecule has 2 heterocycles. The van der Waals surface area contributed by atoms with Gasteiger partial charge in [-0.25, -0.2) is 0 Å². The molecule has 1 aliphatic rings. The monoisotopic (exact) mass is 300 g/mol. The number of likely N-dealkylation sites (tertiary alicyclic amines) is 1. The molecule has 0 bridgehead atoms. The molecule has 2 N–H and O–H groups in total. The van der Waals surface area contributed by atoms with E-state index in [0.717, 1.165) is 23.7 Å². The quantitative estimate of drug-likeness (QED) is 0.929. The molecule has 0 aromatic carbocycles. The molecule has 106 valence electrons. The highest BCUT2D eigenvalue weighted by Gasteiger charge is 2.30. The summed E-state index contributed by atoms with van der Waals surface area (Å²) < 4.78 is 0.786. The van der Waals surface area contributed by atoms with Gasteiger partial charge < -0.3 is 10.6 Å². The third-order valence-corrected chi connectivity index (χ3v) is 5.18. The first-order valence-electron chi connectivity index (χ1n) is 6.85. The number of nitrogens with zero attached hydrogens (tertiary/aromatic N) is 1. The number of hydrogen-bond acceptors (Lipinski definition) is 3. The fraction of sp³-hybridized carbons (Fsp3) is 0.643. The zero-order valence-corrected chi connectivity index (χ0v) is 12.8. The van der Waals surface area contributed by atoms with Crippen LogP contribution in [0.5, 0.6) is 0 Å². The van der Waals surface area contributed by atoms with Gasteiger partial charge in [-0.3, -0.25) is 4.79 Å². The maximum Gasteiger partial charge on any atom is 0.223 e. The Kier molecular flexibility index (Phi) is 5.25. The lowest BCUT2D eigenvalue weighted by atomic mass is 9.90. The first-order chi connectivity index (χ1) is 9.11. The van der Waals surface area contributed by atoms with Crippen LogP contribution in [0.15, 0.2) is 12.1 Å². The van der Waals surface area contributed by atoms with E-state index in [0.29, 0.717) is 18.9 Å². The summed E-state index contributed by atoms with van der Waals surface area (Å²) in [4.78, 5) is 15.5. The van der Waals surface area contributed by atoms with Gasteiger partial charge in [0.05, 0.1) is 4.34 Å². The summed E-state index contributed by atoms with van der Waals surface area (Å²) in [6.07, 6.45) is 3.60. The molecule has 5 heteroatoms. The highest BCUT2D eigenvalue weighted by molar-refractivity contribution is 7.16. The number of halogens is 1. The fourth-order valence-electron chi connectivity index (χ4n) is 2.78. The van der Waals surface area contributed by atoms with E-state index < -0.39 is 0 Å². The molecule has 1 saturated heterocycles. The van der Waals surface area contributed by atoms with Crippen molar-refractivity contribution in [3.05, 3.63) is 21.3 Å². The number of thiophene rings is 1. The average Bonchev–Trinajstić information content (AvgIpc) is 2.81. The predicted molar refractivity (Wildman–Crippen MR) is 80.6 cm³/mol. The van der Waals surface area contributed by atoms with Crippen molar-refractivity contribution >= 4 is 28.8 Å². The van der Waals surface area contributed by atoms with Crippen LogP contribution in [0.3, 0.4) is 0 Å². The number of carbonyl (C=O) groups is 1. The fourth-order valence-corrected chi connectivity index (χ4v) is 3.87. The van der Waals surface area contributed by atoms with Gasteiger partial charge in [-0.2, -0.15) is 0 Å². The van der Waals surface area contributed by atoms with Crippen molar-refractivity contribution in [1.29, 1.82) is 0 Å². The Morgan fingerprint density at radius 2 is 2.37 bits per heavy atom. The molecule has 1 fully saturated rings. The molecule has 1 amide bonds. The van der Waals surface area contributed by atoms with E-state index in [9.17, 15) is 4.79 Å².